The molecule has 0 aliphatic carbocycles. The van der Waals surface area contributed by atoms with Crippen LogP contribution in [0.5, 0.6) is 0 Å². The fourth-order valence-electron chi connectivity index (χ4n) is 2.36. The number of benzene rings is 2. The second-order valence-corrected chi connectivity index (χ2v) is 5.64. The molecule has 3 rings (SSSR count). The first-order valence-electron chi connectivity index (χ1n) is 8.17. The van der Waals surface area contributed by atoms with Crippen LogP contribution in [0.1, 0.15) is 24.3 Å². The van der Waals surface area contributed by atoms with Gasteiger partial charge in [0.1, 0.15) is 23.0 Å². The highest BCUT2D eigenvalue weighted by Gasteiger charge is 2.14. The number of carbonyl (C=O) groups is 1. The Hall–Kier alpha value is -3.06. The number of nitrogens with zero attached hydrogens (tertiary/aromatic N) is 1. The van der Waals surface area contributed by atoms with E-state index in [0.29, 0.717) is 34.7 Å². The third-order valence-corrected chi connectivity index (χ3v) is 3.85. The van der Waals surface area contributed by atoms with Crippen molar-refractivity contribution in [3.05, 3.63) is 71.4 Å². The average molecular weight is 374 g/mol. The van der Waals surface area contributed by atoms with E-state index in [0.717, 1.165) is 0 Å². The first-order valence-corrected chi connectivity index (χ1v) is 8.17. The summed E-state index contributed by atoms with van der Waals surface area (Å²) in [5.74, 6) is -0.227. The maximum Gasteiger partial charge on any atom is 0.211 e. The molecule has 1 N–H and O–H groups in total. The Morgan fingerprint density at radius 2 is 1.93 bits per heavy atom. The summed E-state index contributed by atoms with van der Waals surface area (Å²) >= 11 is 0. The van der Waals surface area contributed by atoms with Gasteiger partial charge in [0.15, 0.2) is 5.76 Å². The Morgan fingerprint density at radius 1 is 1.19 bits per heavy atom. The molecular formula is C20H20F2N2O3. The number of halogens is 2. The first kappa shape index (κ1) is 20.3. The molecule has 0 radical (unpaired) electrons. The van der Waals surface area contributed by atoms with Crippen LogP contribution in [0, 0.1) is 18.6 Å². The summed E-state index contributed by atoms with van der Waals surface area (Å²) in [4.78, 5) is 10.4. The van der Waals surface area contributed by atoms with Crippen LogP contribution in [0.15, 0.2) is 53.1 Å². The Labute approximate surface area is 155 Å². The summed E-state index contributed by atoms with van der Waals surface area (Å²) in [5.41, 5.74) is 2.15. The fourth-order valence-corrected chi connectivity index (χ4v) is 2.36. The molecule has 0 saturated heterocycles. The Balaban J connectivity index is 0.000000208. The number of methoxy groups -OCH3 is 1. The average Bonchev–Trinajstić information content (AvgIpc) is 3.03. The van der Waals surface area contributed by atoms with Crippen molar-refractivity contribution >= 4 is 12.1 Å². The highest BCUT2D eigenvalue weighted by molar-refractivity contribution is 5.83. The molecule has 3 aromatic rings. The minimum atomic E-state index is -0.372. The van der Waals surface area contributed by atoms with Gasteiger partial charge in [-0.25, -0.2) is 8.78 Å². The van der Waals surface area contributed by atoms with Gasteiger partial charge in [0.2, 0.25) is 6.41 Å². The molecule has 142 valence electrons. The van der Waals surface area contributed by atoms with E-state index in [1.54, 1.807) is 44.4 Å². The van der Waals surface area contributed by atoms with Crippen LogP contribution in [0.4, 0.5) is 14.5 Å². The molecule has 1 aromatic heterocycles. The minimum Gasteiger partial charge on any atom is -0.377 e. The largest absolute Gasteiger partial charge is 0.377 e. The molecule has 1 atom stereocenters. The molecule has 0 bridgehead atoms. The van der Waals surface area contributed by atoms with Crippen LogP contribution in [0.25, 0.3) is 11.3 Å². The highest BCUT2D eigenvalue weighted by atomic mass is 19.1. The van der Waals surface area contributed by atoms with Crippen molar-refractivity contribution in [1.29, 1.82) is 0 Å². The van der Waals surface area contributed by atoms with E-state index in [1.165, 1.54) is 18.2 Å². The van der Waals surface area contributed by atoms with E-state index in [-0.39, 0.29) is 17.7 Å². The van der Waals surface area contributed by atoms with Gasteiger partial charge in [-0.15, -0.1) is 0 Å². The van der Waals surface area contributed by atoms with Gasteiger partial charge in [0, 0.05) is 18.2 Å². The molecule has 7 heteroatoms. The standard InChI is InChI=1S/C11H9FN2O2.C9H11FO/c1-7-10(13-6-15)11(16-14-7)8-3-2-4-9(12)5-8;1-7(11-2)8-5-3-4-6-9(8)10/h2-6H,1H3,(H,13,15);3-7H,1-2H3. The van der Waals surface area contributed by atoms with Crippen molar-refractivity contribution < 1.29 is 22.8 Å². The quantitative estimate of drug-likeness (QED) is 0.646. The van der Waals surface area contributed by atoms with Crippen molar-refractivity contribution in [2.24, 2.45) is 0 Å². The number of ether oxygens (including phenoxy) is 1. The lowest BCUT2D eigenvalue weighted by atomic mass is 10.1. The summed E-state index contributed by atoms with van der Waals surface area (Å²) in [5, 5.41) is 6.21. The Morgan fingerprint density at radius 3 is 2.56 bits per heavy atom. The van der Waals surface area contributed by atoms with Gasteiger partial charge in [0.25, 0.3) is 0 Å². The molecule has 2 aromatic carbocycles. The number of nitrogens with one attached hydrogen (secondary N) is 1. The number of aromatic nitrogens is 1. The normalized spacial score (nSPS) is 11.3. The van der Waals surface area contributed by atoms with Crippen LogP contribution in [-0.2, 0) is 9.53 Å². The van der Waals surface area contributed by atoms with Crippen molar-refractivity contribution in [3.8, 4) is 11.3 Å². The lowest BCUT2D eigenvalue weighted by Gasteiger charge is -2.09. The van der Waals surface area contributed by atoms with E-state index in [4.69, 9.17) is 9.26 Å². The smallest absolute Gasteiger partial charge is 0.211 e. The van der Waals surface area contributed by atoms with Gasteiger partial charge < -0.3 is 14.6 Å². The van der Waals surface area contributed by atoms with Crippen molar-refractivity contribution in [3.63, 3.8) is 0 Å². The van der Waals surface area contributed by atoms with Gasteiger partial charge in [-0.1, -0.05) is 35.5 Å². The summed E-state index contributed by atoms with van der Waals surface area (Å²) in [7, 11) is 1.57. The summed E-state index contributed by atoms with van der Waals surface area (Å²) < 4.78 is 36.0. The van der Waals surface area contributed by atoms with E-state index in [1.807, 2.05) is 6.92 Å². The molecule has 27 heavy (non-hydrogen) atoms. The SMILES string of the molecule is COC(C)c1ccccc1F.Cc1noc(-c2cccc(F)c2)c1NC=O. The lowest BCUT2D eigenvalue weighted by molar-refractivity contribution is -0.105. The van der Waals surface area contributed by atoms with E-state index in [9.17, 15) is 13.6 Å². The third kappa shape index (κ3) is 5.21. The predicted molar refractivity (Wildman–Crippen MR) is 98.1 cm³/mol. The van der Waals surface area contributed by atoms with E-state index in [2.05, 4.69) is 10.5 Å². The topological polar surface area (TPSA) is 64.4 Å². The molecule has 0 fully saturated rings. The van der Waals surface area contributed by atoms with Gasteiger partial charge in [-0.3, -0.25) is 4.79 Å². The number of rotatable bonds is 5. The van der Waals surface area contributed by atoms with Crippen molar-refractivity contribution in [2.45, 2.75) is 20.0 Å². The zero-order chi connectivity index (χ0) is 19.8. The van der Waals surface area contributed by atoms with E-state index < -0.39 is 0 Å². The molecule has 0 spiro atoms. The molecule has 1 amide bonds. The van der Waals surface area contributed by atoms with Gasteiger partial charge >= 0.3 is 0 Å². The Bertz CT molecular complexity index is 896. The second kappa shape index (κ2) is 9.59. The summed E-state index contributed by atoms with van der Waals surface area (Å²) in [6.07, 6.45) is 0.360. The first-order chi connectivity index (χ1) is 13.0. The second-order valence-electron chi connectivity index (χ2n) is 5.64. The van der Waals surface area contributed by atoms with Crippen LogP contribution >= 0.6 is 0 Å². The zero-order valence-corrected chi connectivity index (χ0v) is 15.2. The lowest BCUT2D eigenvalue weighted by Crippen LogP contribution is -1.98. The molecular weight excluding hydrogens is 354 g/mol. The van der Waals surface area contributed by atoms with Gasteiger partial charge in [-0.05, 0) is 32.0 Å². The minimum absolute atomic E-state index is 0.170. The number of hydrogen-bond donors (Lipinski definition) is 1. The van der Waals surface area contributed by atoms with Crippen LogP contribution in [0.3, 0.4) is 0 Å². The monoisotopic (exact) mass is 374 g/mol. The fraction of sp³-hybridized carbons (Fsp3) is 0.200. The maximum absolute atomic E-state index is 13.0. The number of amides is 1. The van der Waals surface area contributed by atoms with Crippen LogP contribution < -0.4 is 5.32 Å². The molecule has 1 unspecified atom stereocenters. The van der Waals surface area contributed by atoms with Crippen molar-refractivity contribution in [2.75, 3.05) is 12.4 Å². The van der Waals surface area contributed by atoms with Gasteiger partial charge in [0.05, 0.1) is 6.10 Å². The summed E-state index contributed by atoms with van der Waals surface area (Å²) in [6.45, 7) is 3.51. The number of hydrogen-bond acceptors (Lipinski definition) is 4. The molecule has 5 nitrogen and oxygen atoms in total. The maximum atomic E-state index is 13.0. The van der Waals surface area contributed by atoms with Crippen LogP contribution in [-0.4, -0.2) is 18.7 Å². The van der Waals surface area contributed by atoms with Crippen LogP contribution in [0.2, 0.25) is 0 Å². The highest BCUT2D eigenvalue weighted by Crippen LogP contribution is 2.30. The number of aryl methyl sites for hydroxylation is 1. The molecule has 0 aliphatic heterocycles. The van der Waals surface area contributed by atoms with Crippen molar-refractivity contribution in [1.82, 2.24) is 5.16 Å². The van der Waals surface area contributed by atoms with E-state index >= 15 is 0 Å². The summed E-state index contributed by atoms with van der Waals surface area (Å²) in [6, 6.07) is 12.5. The molecule has 0 aliphatic rings. The van der Waals surface area contributed by atoms with Gasteiger partial charge in [-0.2, -0.15) is 0 Å². The zero-order valence-electron chi connectivity index (χ0n) is 15.2. The molecule has 0 saturated carbocycles. The third-order valence-electron chi connectivity index (χ3n) is 3.85. The predicted octanol–water partition coefficient (Wildman–Crippen LogP) is 4.89. The number of anilines is 1. The Kier molecular flexibility index (Phi) is 7.19. The molecule has 1 heterocycles. The number of carbonyl (C=O) groups excluding carboxylic acids is 1.